The van der Waals surface area contributed by atoms with Crippen LogP contribution in [0.15, 0.2) is 77.9 Å². The maximum Gasteiger partial charge on any atom is 0.329 e. The van der Waals surface area contributed by atoms with Gasteiger partial charge in [-0.3, -0.25) is 14.4 Å². The molecule has 1 aromatic rings. The summed E-state index contributed by atoms with van der Waals surface area (Å²) in [5.41, 5.74) is 1.26. The van der Waals surface area contributed by atoms with Gasteiger partial charge in [-0.25, -0.2) is 4.79 Å². The molecule has 16 atom stereocenters. The molecule has 0 aromatic heterocycles. The van der Waals surface area contributed by atoms with Crippen LogP contribution in [0.25, 0.3) is 0 Å². The van der Waals surface area contributed by atoms with E-state index in [0.29, 0.717) is 75.5 Å². The number of para-hydroxylation sites is 1. The van der Waals surface area contributed by atoms with Gasteiger partial charge in [-0.2, -0.15) is 0 Å². The van der Waals surface area contributed by atoms with E-state index in [1.165, 1.54) is 12.0 Å². The number of allylic oxidation sites excluding steroid dienone is 6. The Balaban J connectivity index is 1.54. The number of rotatable bonds is 8. The first-order chi connectivity index (χ1) is 33.8. The number of benzene rings is 1. The minimum absolute atomic E-state index is 0.0285. The fraction of sp³-hybridized carbons (Fsp3) is 0.684. The summed E-state index contributed by atoms with van der Waals surface area (Å²) in [6, 6.07) is 7.75. The number of cyclic esters (lactones) is 1. The largest absolute Gasteiger partial charge is 0.475 e. The van der Waals surface area contributed by atoms with Gasteiger partial charge in [0, 0.05) is 58.5 Å². The molecule has 3 aliphatic heterocycles. The Labute approximate surface area is 423 Å². The molecule has 4 aliphatic rings. The predicted molar refractivity (Wildman–Crippen MR) is 271 cm³/mol. The quantitative estimate of drug-likeness (QED) is 0.213. The van der Waals surface area contributed by atoms with Crippen molar-refractivity contribution in [3.63, 3.8) is 0 Å². The zero-order valence-electron chi connectivity index (χ0n) is 44.1. The minimum Gasteiger partial charge on any atom is -0.475 e. The number of nitrogens with zero attached hydrogens (tertiary/aromatic N) is 1. The second-order valence-electron chi connectivity index (χ2n) is 21.2. The molecule has 3 N–H and O–H groups in total. The summed E-state index contributed by atoms with van der Waals surface area (Å²) in [5, 5.41) is 34.9. The van der Waals surface area contributed by atoms with Crippen molar-refractivity contribution in [2.75, 3.05) is 27.9 Å². The van der Waals surface area contributed by atoms with E-state index in [-0.39, 0.29) is 54.5 Å². The zero-order chi connectivity index (χ0) is 52.0. The molecule has 14 nitrogen and oxygen atoms in total. The average Bonchev–Trinajstić information content (AvgIpc) is 3.35. The second kappa shape index (κ2) is 27.3. The first kappa shape index (κ1) is 57.9. The van der Waals surface area contributed by atoms with Crippen LogP contribution in [0.4, 0.5) is 0 Å². The molecule has 1 amide bonds. The van der Waals surface area contributed by atoms with E-state index in [9.17, 15) is 29.7 Å². The Bertz CT molecular complexity index is 2020. The summed E-state index contributed by atoms with van der Waals surface area (Å²) >= 11 is 0. The van der Waals surface area contributed by atoms with E-state index >= 15 is 4.79 Å². The summed E-state index contributed by atoms with van der Waals surface area (Å²) in [7, 11) is 4.61. The highest BCUT2D eigenvalue weighted by Gasteiger charge is 2.55. The Morgan fingerprint density at radius 2 is 1.58 bits per heavy atom. The number of esters is 1. The smallest absolute Gasteiger partial charge is 0.329 e. The molecule has 2 saturated heterocycles. The molecule has 14 heteroatoms. The van der Waals surface area contributed by atoms with Gasteiger partial charge in [0.2, 0.25) is 11.9 Å². The van der Waals surface area contributed by atoms with Crippen molar-refractivity contribution in [2.24, 2.45) is 35.5 Å². The molecular weight excluding hydrogens is 907 g/mol. The number of carbonyl (C=O) groups excluding carboxylic acids is 4. The average molecular weight is 992 g/mol. The van der Waals surface area contributed by atoms with Gasteiger partial charge >= 0.3 is 5.97 Å². The third kappa shape index (κ3) is 15.5. The van der Waals surface area contributed by atoms with E-state index in [2.05, 4.69) is 0 Å². The number of amides is 1. The molecule has 3 fully saturated rings. The van der Waals surface area contributed by atoms with Gasteiger partial charge in [0.05, 0.1) is 30.5 Å². The lowest BCUT2D eigenvalue weighted by Crippen LogP contribution is -2.65. The number of carbonyl (C=O) groups is 4. The Hall–Kier alpha value is -4.02. The highest BCUT2D eigenvalue weighted by Crippen LogP contribution is 2.40. The van der Waals surface area contributed by atoms with Crippen LogP contribution in [-0.2, 0) is 42.9 Å². The number of hydrogen-bond donors (Lipinski definition) is 3. The molecule has 3 heterocycles. The Morgan fingerprint density at radius 1 is 0.845 bits per heavy atom. The van der Waals surface area contributed by atoms with E-state index in [4.69, 9.17) is 28.4 Å². The lowest BCUT2D eigenvalue weighted by atomic mass is 9.78. The number of hydrogen-bond acceptors (Lipinski definition) is 13. The van der Waals surface area contributed by atoms with Crippen molar-refractivity contribution in [3.05, 3.63) is 77.9 Å². The molecule has 1 aliphatic carbocycles. The topological polar surface area (TPSA) is 188 Å². The van der Waals surface area contributed by atoms with Crippen molar-refractivity contribution >= 4 is 23.4 Å². The molecule has 71 heavy (non-hydrogen) atoms. The SMILES string of the molecule is CO[C@H]1C[C@@H]2CC[C@@H](C)[C@@](O)(O2)[C@H](Oc2ccccc2)C(=O)N2CCCCC2C(=O)OC([C@H](C)CC2CC[C@@H](O)[C@H](OC)C2)CC(=O)C(C)=CC(C)C(O)[C@@H](OC)C(=O)C(C)CC(C)C=CC=CC=C1C. The number of fused-ring (bicyclic) bond motifs is 3. The van der Waals surface area contributed by atoms with Gasteiger partial charge in [-0.05, 0) is 119 Å². The monoisotopic (exact) mass is 992 g/mol. The second-order valence-corrected chi connectivity index (χ2v) is 21.2. The number of aliphatic hydroxyl groups excluding tert-OH is 2. The van der Waals surface area contributed by atoms with Crippen LogP contribution in [0.1, 0.15) is 126 Å². The van der Waals surface area contributed by atoms with Crippen molar-refractivity contribution in [2.45, 2.75) is 186 Å². The number of aliphatic hydroxyl groups is 3. The van der Waals surface area contributed by atoms with Crippen LogP contribution in [0.3, 0.4) is 0 Å². The van der Waals surface area contributed by atoms with Gasteiger partial charge in [0.15, 0.2) is 11.6 Å². The molecule has 396 valence electrons. The van der Waals surface area contributed by atoms with Gasteiger partial charge in [-0.1, -0.05) is 89.3 Å². The van der Waals surface area contributed by atoms with Gasteiger partial charge in [-0.15, -0.1) is 0 Å². The number of methoxy groups -OCH3 is 3. The van der Waals surface area contributed by atoms with Crippen LogP contribution in [0, 0.1) is 35.5 Å². The van der Waals surface area contributed by atoms with Crippen LogP contribution in [-0.4, -0.2) is 132 Å². The van der Waals surface area contributed by atoms with Gasteiger partial charge in [0.1, 0.15) is 24.0 Å². The molecular formula is C57H85NO13. The zero-order valence-corrected chi connectivity index (χ0v) is 44.1. The van der Waals surface area contributed by atoms with Crippen molar-refractivity contribution < 1.29 is 62.9 Å². The predicted octanol–water partition coefficient (Wildman–Crippen LogP) is 8.06. The van der Waals surface area contributed by atoms with E-state index in [1.54, 1.807) is 58.4 Å². The summed E-state index contributed by atoms with van der Waals surface area (Å²) in [5.74, 6) is -5.35. The summed E-state index contributed by atoms with van der Waals surface area (Å²) in [4.78, 5) is 59.6. The minimum atomic E-state index is -2.10. The highest BCUT2D eigenvalue weighted by atomic mass is 16.7. The molecule has 1 saturated carbocycles. The molecule has 0 radical (unpaired) electrons. The summed E-state index contributed by atoms with van der Waals surface area (Å²) in [6.07, 6.45) is 10.6. The van der Waals surface area contributed by atoms with Crippen molar-refractivity contribution in [1.82, 2.24) is 4.90 Å². The summed E-state index contributed by atoms with van der Waals surface area (Å²) in [6.45, 7) is 13.2. The maximum atomic E-state index is 15.3. The Kier molecular flexibility index (Phi) is 22.3. The van der Waals surface area contributed by atoms with Gasteiger partial charge < -0.3 is 48.6 Å². The molecule has 5 rings (SSSR count). The maximum absolute atomic E-state index is 15.3. The van der Waals surface area contributed by atoms with Gasteiger partial charge in [0.25, 0.3) is 5.91 Å². The third-order valence-electron chi connectivity index (χ3n) is 15.6. The van der Waals surface area contributed by atoms with Crippen LogP contribution in [0.2, 0.25) is 0 Å². The number of piperidine rings is 1. The standard InChI is InChI=1S/C57H85NO13/c1-35-19-13-11-14-20-36(2)48(66-8)33-44-26-24-41(7)57(65,71-44)54(69-43-21-15-12-16-22-43)55(63)58-28-18-17-23-45(58)56(64)70-49(38(4)31-42-25-27-46(59)50(32-42)67-9)34-47(60)37(3)30-40(6)52(62)53(68-10)51(61)39(5)29-35/h11-16,19-22,30,35,38-42,44-46,48-50,52-54,59,62,65H,17-18,23-29,31-34H2,1-10H3/t35?,38-,39?,40?,41-,42?,44+,45?,46-,48+,49?,50-,52?,53+,54-,57-/m1/s1. The number of ether oxygens (including phenoxy) is 6. The summed E-state index contributed by atoms with van der Waals surface area (Å²) < 4.78 is 36.8. The first-order valence-electron chi connectivity index (χ1n) is 26.2. The van der Waals surface area contributed by atoms with Crippen molar-refractivity contribution in [3.8, 4) is 5.75 Å². The lowest BCUT2D eigenvalue weighted by molar-refractivity contribution is -0.313. The van der Waals surface area contributed by atoms with Crippen LogP contribution < -0.4 is 4.74 Å². The molecule has 1 aromatic carbocycles. The first-order valence-corrected chi connectivity index (χ1v) is 26.2. The fourth-order valence-corrected chi connectivity index (χ4v) is 11.0. The van der Waals surface area contributed by atoms with Crippen LogP contribution in [0.5, 0.6) is 5.75 Å². The van der Waals surface area contributed by atoms with Crippen molar-refractivity contribution in [1.29, 1.82) is 0 Å². The lowest BCUT2D eigenvalue weighted by Gasteiger charge is -2.47. The molecule has 0 spiro atoms. The third-order valence-corrected chi connectivity index (χ3v) is 15.6. The normalized spacial score (nSPS) is 36.5. The van der Waals surface area contributed by atoms with E-state index < -0.39 is 78.1 Å². The van der Waals surface area contributed by atoms with E-state index in [1.807, 2.05) is 71.1 Å². The molecule has 2 bridgehead atoms. The fourth-order valence-electron chi connectivity index (χ4n) is 11.0. The highest BCUT2D eigenvalue weighted by molar-refractivity contribution is 5.95. The molecule has 7 unspecified atom stereocenters. The number of Topliss-reactive ketones (excluding diaryl/α,β-unsaturated/α-hetero) is 2. The van der Waals surface area contributed by atoms with Crippen LogP contribution >= 0.6 is 0 Å². The number of ketones is 2. The van der Waals surface area contributed by atoms with E-state index in [0.717, 1.165) is 12.0 Å². The Morgan fingerprint density at radius 3 is 2.27 bits per heavy atom.